The summed E-state index contributed by atoms with van der Waals surface area (Å²) in [6.45, 7) is 0.780. The minimum atomic E-state index is -0.303. The summed E-state index contributed by atoms with van der Waals surface area (Å²) in [5, 5.41) is 10.9. The van der Waals surface area contributed by atoms with Crippen molar-refractivity contribution in [2.24, 2.45) is 0 Å². The molecule has 78 valence electrons. The van der Waals surface area contributed by atoms with Gasteiger partial charge in [-0.2, -0.15) is 0 Å². The predicted molar refractivity (Wildman–Crippen MR) is 54.9 cm³/mol. The standard InChI is InChI=1S/C10H11FN4/c1-12-5-4-10-13-9-6-7(11)2-3-8(9)14-15-10/h2-3,6,12H,4-5H2,1H3. The number of likely N-dealkylation sites (N-methyl/N-ethyl adjacent to an activating group) is 1. The van der Waals surface area contributed by atoms with Crippen LogP contribution in [0.4, 0.5) is 4.39 Å². The molecule has 0 atom stereocenters. The largest absolute Gasteiger partial charge is 0.319 e. The summed E-state index contributed by atoms with van der Waals surface area (Å²) in [6, 6.07) is 4.30. The van der Waals surface area contributed by atoms with Gasteiger partial charge in [-0.1, -0.05) is 0 Å². The third-order valence-corrected chi connectivity index (χ3v) is 2.06. The molecule has 0 aliphatic rings. The van der Waals surface area contributed by atoms with Crippen LogP contribution >= 0.6 is 0 Å². The molecule has 0 spiro atoms. The van der Waals surface area contributed by atoms with E-state index in [1.807, 2.05) is 7.05 Å². The van der Waals surface area contributed by atoms with Gasteiger partial charge < -0.3 is 5.32 Å². The van der Waals surface area contributed by atoms with Crippen molar-refractivity contribution < 1.29 is 4.39 Å². The summed E-state index contributed by atoms with van der Waals surface area (Å²) in [5.74, 6) is 0.324. The lowest BCUT2D eigenvalue weighted by molar-refractivity contribution is 0.628. The summed E-state index contributed by atoms with van der Waals surface area (Å²) in [5.41, 5.74) is 1.17. The fraction of sp³-hybridized carbons (Fsp3) is 0.300. The molecule has 0 amide bonds. The summed E-state index contributed by atoms with van der Waals surface area (Å²) >= 11 is 0. The zero-order chi connectivity index (χ0) is 10.7. The Hall–Kier alpha value is -1.62. The monoisotopic (exact) mass is 206 g/mol. The first kappa shape index (κ1) is 9.92. The van der Waals surface area contributed by atoms with Gasteiger partial charge in [-0.25, -0.2) is 9.37 Å². The molecule has 0 aliphatic heterocycles. The predicted octanol–water partition coefficient (Wildman–Crippen LogP) is 0.926. The highest BCUT2D eigenvalue weighted by Crippen LogP contribution is 2.09. The molecule has 0 radical (unpaired) electrons. The molecule has 5 heteroatoms. The molecule has 2 rings (SSSR count). The van der Waals surface area contributed by atoms with Gasteiger partial charge in [0.1, 0.15) is 11.3 Å². The van der Waals surface area contributed by atoms with Gasteiger partial charge in [-0.3, -0.25) is 0 Å². The highest BCUT2D eigenvalue weighted by molar-refractivity contribution is 5.73. The zero-order valence-electron chi connectivity index (χ0n) is 8.37. The van der Waals surface area contributed by atoms with Gasteiger partial charge >= 0.3 is 0 Å². The molecule has 1 heterocycles. The normalized spacial score (nSPS) is 10.8. The maximum absolute atomic E-state index is 12.9. The molecule has 0 saturated carbocycles. The topological polar surface area (TPSA) is 50.7 Å². The fourth-order valence-electron chi connectivity index (χ4n) is 1.29. The van der Waals surface area contributed by atoms with Crippen molar-refractivity contribution in [1.82, 2.24) is 20.5 Å². The lowest BCUT2D eigenvalue weighted by Crippen LogP contribution is -2.12. The van der Waals surface area contributed by atoms with Gasteiger partial charge in [-0.15, -0.1) is 10.2 Å². The van der Waals surface area contributed by atoms with Crippen molar-refractivity contribution >= 4 is 11.0 Å². The van der Waals surface area contributed by atoms with E-state index in [0.29, 0.717) is 23.3 Å². The van der Waals surface area contributed by atoms with Gasteiger partial charge in [0.2, 0.25) is 0 Å². The lowest BCUT2D eigenvalue weighted by Gasteiger charge is -2.00. The number of aromatic nitrogens is 3. The first-order valence-electron chi connectivity index (χ1n) is 4.73. The third-order valence-electron chi connectivity index (χ3n) is 2.06. The minimum Gasteiger partial charge on any atom is -0.319 e. The number of hydrogen-bond donors (Lipinski definition) is 1. The van der Waals surface area contributed by atoms with Gasteiger partial charge in [-0.05, 0) is 19.2 Å². The Morgan fingerprint density at radius 1 is 1.27 bits per heavy atom. The van der Waals surface area contributed by atoms with Crippen LogP contribution < -0.4 is 5.32 Å². The van der Waals surface area contributed by atoms with E-state index >= 15 is 0 Å². The van der Waals surface area contributed by atoms with Crippen LogP contribution in [0.15, 0.2) is 18.2 Å². The van der Waals surface area contributed by atoms with Crippen molar-refractivity contribution in [3.63, 3.8) is 0 Å². The maximum Gasteiger partial charge on any atom is 0.152 e. The number of halogens is 1. The summed E-state index contributed by atoms with van der Waals surface area (Å²) < 4.78 is 12.9. The number of nitrogens with zero attached hydrogens (tertiary/aromatic N) is 3. The minimum absolute atomic E-state index is 0.303. The molecule has 0 unspecified atom stereocenters. The van der Waals surface area contributed by atoms with E-state index < -0.39 is 0 Å². The third kappa shape index (κ3) is 2.24. The van der Waals surface area contributed by atoms with Crippen molar-refractivity contribution in [3.8, 4) is 0 Å². The molecular weight excluding hydrogens is 195 g/mol. The van der Waals surface area contributed by atoms with Crippen LogP contribution in [0.3, 0.4) is 0 Å². The van der Waals surface area contributed by atoms with Crippen molar-refractivity contribution in [1.29, 1.82) is 0 Å². The van der Waals surface area contributed by atoms with E-state index in [-0.39, 0.29) is 5.82 Å². The van der Waals surface area contributed by atoms with Crippen LogP contribution in [0, 0.1) is 5.82 Å². The number of hydrogen-bond acceptors (Lipinski definition) is 4. The van der Waals surface area contributed by atoms with E-state index in [2.05, 4.69) is 20.5 Å². The van der Waals surface area contributed by atoms with Crippen molar-refractivity contribution in [3.05, 3.63) is 29.8 Å². The molecule has 15 heavy (non-hydrogen) atoms. The van der Waals surface area contributed by atoms with E-state index in [0.717, 1.165) is 6.54 Å². The van der Waals surface area contributed by atoms with Gasteiger partial charge in [0.05, 0.1) is 5.52 Å². The van der Waals surface area contributed by atoms with Crippen LogP contribution in [0.1, 0.15) is 5.82 Å². The highest BCUT2D eigenvalue weighted by atomic mass is 19.1. The summed E-state index contributed by atoms with van der Waals surface area (Å²) in [4.78, 5) is 4.22. The van der Waals surface area contributed by atoms with E-state index in [4.69, 9.17) is 0 Å². The second kappa shape index (κ2) is 4.27. The molecule has 0 saturated heterocycles. The molecule has 1 N–H and O–H groups in total. The first-order chi connectivity index (χ1) is 7.29. The van der Waals surface area contributed by atoms with Crippen molar-refractivity contribution in [2.45, 2.75) is 6.42 Å². The fourth-order valence-corrected chi connectivity index (χ4v) is 1.29. The Labute approximate surface area is 86.6 Å². The maximum atomic E-state index is 12.9. The Bertz CT molecular complexity index is 472. The average Bonchev–Trinajstić information content (AvgIpc) is 2.25. The zero-order valence-corrected chi connectivity index (χ0v) is 8.37. The Morgan fingerprint density at radius 2 is 2.13 bits per heavy atom. The van der Waals surface area contributed by atoms with Crippen LogP contribution in [-0.2, 0) is 6.42 Å². The molecule has 0 aliphatic carbocycles. The molecule has 1 aromatic heterocycles. The molecule has 0 bridgehead atoms. The Kier molecular flexibility index (Phi) is 2.82. The van der Waals surface area contributed by atoms with Crippen molar-refractivity contribution in [2.75, 3.05) is 13.6 Å². The average molecular weight is 206 g/mol. The molecule has 1 aromatic carbocycles. The lowest BCUT2D eigenvalue weighted by atomic mass is 10.3. The molecular formula is C10H11FN4. The molecule has 4 nitrogen and oxygen atoms in total. The second-order valence-corrected chi connectivity index (χ2v) is 3.21. The van der Waals surface area contributed by atoms with Gasteiger partial charge in [0, 0.05) is 19.0 Å². The Morgan fingerprint density at radius 3 is 2.93 bits per heavy atom. The summed E-state index contributed by atoms with van der Waals surface area (Å²) in [6.07, 6.45) is 0.690. The SMILES string of the molecule is CNCCc1nnc2ccc(F)cc2n1. The highest BCUT2D eigenvalue weighted by Gasteiger charge is 2.02. The van der Waals surface area contributed by atoms with Gasteiger partial charge in [0.15, 0.2) is 5.82 Å². The van der Waals surface area contributed by atoms with E-state index in [1.54, 1.807) is 6.07 Å². The number of rotatable bonds is 3. The number of nitrogens with one attached hydrogen (secondary N) is 1. The van der Waals surface area contributed by atoms with Gasteiger partial charge in [0.25, 0.3) is 0 Å². The van der Waals surface area contributed by atoms with E-state index in [1.165, 1.54) is 12.1 Å². The van der Waals surface area contributed by atoms with Crippen LogP contribution in [0.25, 0.3) is 11.0 Å². The van der Waals surface area contributed by atoms with E-state index in [9.17, 15) is 4.39 Å². The molecule has 2 aromatic rings. The number of benzene rings is 1. The quantitative estimate of drug-likeness (QED) is 0.811. The smallest absolute Gasteiger partial charge is 0.152 e. The summed E-state index contributed by atoms with van der Waals surface area (Å²) in [7, 11) is 1.86. The number of fused-ring (bicyclic) bond motifs is 1. The Balaban J connectivity index is 2.36. The van der Waals surface area contributed by atoms with Crippen LogP contribution in [0.5, 0.6) is 0 Å². The molecule has 0 fully saturated rings. The van der Waals surface area contributed by atoms with Crippen LogP contribution in [-0.4, -0.2) is 28.8 Å². The first-order valence-corrected chi connectivity index (χ1v) is 4.73. The second-order valence-electron chi connectivity index (χ2n) is 3.21. The van der Waals surface area contributed by atoms with Crippen LogP contribution in [0.2, 0.25) is 0 Å².